The van der Waals surface area contributed by atoms with Crippen LogP contribution in [0.25, 0.3) is 10.9 Å². The smallest absolute Gasteiger partial charge is 0.225 e. The first-order chi connectivity index (χ1) is 9.65. The Kier molecular flexibility index (Phi) is 3.30. The molecule has 0 spiro atoms. The molecule has 0 aliphatic carbocycles. The molecule has 1 aliphatic heterocycles. The van der Waals surface area contributed by atoms with Gasteiger partial charge in [-0.3, -0.25) is 4.79 Å². The quantitative estimate of drug-likeness (QED) is 0.911. The average molecular weight is 269 g/mol. The molecule has 1 amide bonds. The maximum atomic E-state index is 12.2. The van der Waals surface area contributed by atoms with Crippen LogP contribution < -0.4 is 5.73 Å². The third-order valence-electron chi connectivity index (χ3n) is 4.00. The first-order valence-electron chi connectivity index (χ1n) is 7.08. The molecule has 2 aromatic rings. The van der Waals surface area contributed by atoms with Gasteiger partial charge in [-0.2, -0.15) is 0 Å². The van der Waals surface area contributed by atoms with E-state index < -0.39 is 0 Å². The fourth-order valence-corrected chi connectivity index (χ4v) is 2.80. The summed E-state index contributed by atoms with van der Waals surface area (Å²) in [4.78, 5) is 18.5. The largest absolute Gasteiger partial charge is 0.383 e. The highest BCUT2D eigenvalue weighted by molar-refractivity contribution is 5.82. The molecule has 20 heavy (non-hydrogen) atoms. The zero-order chi connectivity index (χ0) is 14.1. The van der Waals surface area contributed by atoms with Crippen molar-refractivity contribution < 1.29 is 4.79 Å². The fourth-order valence-electron chi connectivity index (χ4n) is 2.80. The van der Waals surface area contributed by atoms with Crippen molar-refractivity contribution in [1.82, 2.24) is 9.88 Å². The van der Waals surface area contributed by atoms with Gasteiger partial charge in [0.2, 0.25) is 5.91 Å². The van der Waals surface area contributed by atoms with Gasteiger partial charge in [-0.05, 0) is 25.0 Å². The Bertz CT molecular complexity index is 653. The van der Waals surface area contributed by atoms with Crippen LogP contribution in [0, 0.1) is 5.92 Å². The van der Waals surface area contributed by atoms with E-state index in [1.165, 1.54) is 0 Å². The number of pyridine rings is 1. The Balaban J connectivity index is 1.90. The summed E-state index contributed by atoms with van der Waals surface area (Å²) in [5.74, 6) is 0.872. The van der Waals surface area contributed by atoms with Crippen molar-refractivity contribution in [3.05, 3.63) is 35.9 Å². The van der Waals surface area contributed by atoms with Crippen molar-refractivity contribution in [2.45, 2.75) is 26.3 Å². The Morgan fingerprint density at radius 3 is 3.05 bits per heavy atom. The molecule has 0 bridgehead atoms. The summed E-state index contributed by atoms with van der Waals surface area (Å²) < 4.78 is 0. The molecule has 1 fully saturated rings. The predicted octanol–water partition coefficient (Wildman–Crippen LogP) is 2.58. The minimum absolute atomic E-state index is 0.124. The van der Waals surface area contributed by atoms with E-state index in [-0.39, 0.29) is 11.8 Å². The van der Waals surface area contributed by atoms with Crippen LogP contribution in [-0.4, -0.2) is 22.3 Å². The number of fused-ring (bicyclic) bond motifs is 1. The lowest BCUT2D eigenvalue weighted by molar-refractivity contribution is -0.138. The van der Waals surface area contributed by atoms with Gasteiger partial charge in [0.05, 0.1) is 5.52 Å². The molecule has 1 aromatic heterocycles. The summed E-state index contributed by atoms with van der Waals surface area (Å²) in [5, 5.41) is 1.06. The van der Waals surface area contributed by atoms with E-state index in [9.17, 15) is 4.79 Å². The van der Waals surface area contributed by atoms with E-state index in [2.05, 4.69) is 4.98 Å². The summed E-state index contributed by atoms with van der Waals surface area (Å²) in [6, 6.07) is 9.95. The molecule has 4 heteroatoms. The van der Waals surface area contributed by atoms with Gasteiger partial charge in [-0.15, -0.1) is 0 Å². The summed E-state index contributed by atoms with van der Waals surface area (Å²) in [6.45, 7) is 3.37. The second kappa shape index (κ2) is 5.12. The molecular formula is C16H19N3O. The monoisotopic (exact) mass is 269 g/mol. The second-order valence-electron chi connectivity index (χ2n) is 5.53. The highest BCUT2D eigenvalue weighted by Crippen LogP contribution is 2.23. The van der Waals surface area contributed by atoms with Crippen LogP contribution >= 0.6 is 0 Å². The van der Waals surface area contributed by atoms with E-state index in [0.29, 0.717) is 12.4 Å². The number of hydrogen-bond acceptors (Lipinski definition) is 3. The lowest BCUT2D eigenvalue weighted by Gasteiger charge is -2.30. The number of anilines is 1. The van der Waals surface area contributed by atoms with Gasteiger partial charge < -0.3 is 10.6 Å². The number of rotatable bonds is 2. The van der Waals surface area contributed by atoms with Crippen LogP contribution in [0.15, 0.2) is 30.3 Å². The minimum atomic E-state index is 0.124. The minimum Gasteiger partial charge on any atom is -0.383 e. The molecule has 1 aliphatic rings. The molecule has 1 saturated heterocycles. The maximum Gasteiger partial charge on any atom is 0.225 e. The number of nitrogens with two attached hydrogens (primary N) is 1. The Morgan fingerprint density at radius 2 is 2.20 bits per heavy atom. The number of nitrogens with zero attached hydrogens (tertiary/aromatic N) is 2. The maximum absolute atomic E-state index is 12.2. The molecule has 104 valence electrons. The van der Waals surface area contributed by atoms with Crippen LogP contribution in [0.1, 0.15) is 25.3 Å². The van der Waals surface area contributed by atoms with Gasteiger partial charge in [-0.1, -0.05) is 25.1 Å². The number of likely N-dealkylation sites (tertiary alicyclic amines) is 1. The molecule has 3 rings (SSSR count). The lowest BCUT2D eigenvalue weighted by atomic mass is 9.98. The molecule has 1 unspecified atom stereocenters. The van der Waals surface area contributed by atoms with Crippen LogP contribution in [0.4, 0.5) is 5.82 Å². The van der Waals surface area contributed by atoms with Gasteiger partial charge in [0, 0.05) is 30.0 Å². The summed E-state index contributed by atoms with van der Waals surface area (Å²) in [5.41, 5.74) is 7.87. The Hall–Kier alpha value is -2.10. The highest BCUT2D eigenvalue weighted by Gasteiger charge is 2.25. The van der Waals surface area contributed by atoms with Crippen LogP contribution in [0.3, 0.4) is 0 Å². The third kappa shape index (κ3) is 2.33. The van der Waals surface area contributed by atoms with Crippen molar-refractivity contribution in [3.63, 3.8) is 0 Å². The zero-order valence-corrected chi connectivity index (χ0v) is 11.7. The van der Waals surface area contributed by atoms with Gasteiger partial charge in [-0.25, -0.2) is 4.98 Å². The SMILES string of the molecule is CC1CCCN(Cc2cc3ccccc3nc2N)C1=O. The van der Waals surface area contributed by atoms with Gasteiger partial charge in [0.1, 0.15) is 5.82 Å². The lowest BCUT2D eigenvalue weighted by Crippen LogP contribution is -2.39. The van der Waals surface area contributed by atoms with Crippen molar-refractivity contribution in [2.75, 3.05) is 12.3 Å². The van der Waals surface area contributed by atoms with Gasteiger partial charge in [0.15, 0.2) is 0 Å². The molecular weight excluding hydrogens is 250 g/mol. The van der Waals surface area contributed by atoms with Crippen molar-refractivity contribution in [2.24, 2.45) is 5.92 Å². The zero-order valence-electron chi connectivity index (χ0n) is 11.7. The van der Waals surface area contributed by atoms with Crippen molar-refractivity contribution >= 4 is 22.6 Å². The predicted molar refractivity (Wildman–Crippen MR) is 80.0 cm³/mol. The standard InChI is InChI=1S/C16H19N3O/c1-11-5-4-8-19(16(11)20)10-13-9-12-6-2-3-7-14(12)18-15(13)17/h2-3,6-7,9,11H,4-5,8,10H2,1H3,(H2,17,18). The number of para-hydroxylation sites is 1. The third-order valence-corrected chi connectivity index (χ3v) is 4.00. The van der Waals surface area contributed by atoms with Crippen molar-refractivity contribution in [1.29, 1.82) is 0 Å². The topological polar surface area (TPSA) is 59.2 Å². The van der Waals surface area contributed by atoms with Gasteiger partial charge in [0.25, 0.3) is 0 Å². The van der Waals surface area contributed by atoms with Crippen LogP contribution in [-0.2, 0) is 11.3 Å². The number of nitrogen functional groups attached to an aromatic ring is 1. The summed E-state index contributed by atoms with van der Waals surface area (Å²) in [7, 11) is 0. The number of hydrogen-bond donors (Lipinski definition) is 1. The molecule has 4 nitrogen and oxygen atoms in total. The molecule has 0 saturated carbocycles. The number of piperidine rings is 1. The van der Waals surface area contributed by atoms with E-state index >= 15 is 0 Å². The van der Waals surface area contributed by atoms with E-state index in [4.69, 9.17) is 5.73 Å². The number of aromatic nitrogens is 1. The van der Waals surface area contributed by atoms with Crippen molar-refractivity contribution in [3.8, 4) is 0 Å². The average Bonchev–Trinajstić information content (AvgIpc) is 2.44. The number of carbonyl (C=O) groups is 1. The number of benzene rings is 1. The molecule has 0 radical (unpaired) electrons. The first-order valence-corrected chi connectivity index (χ1v) is 7.08. The number of carbonyl (C=O) groups excluding carboxylic acids is 1. The summed E-state index contributed by atoms with van der Waals surface area (Å²) >= 11 is 0. The Labute approximate surface area is 118 Å². The molecule has 2 N–H and O–H groups in total. The molecule has 2 heterocycles. The molecule has 1 atom stereocenters. The Morgan fingerprint density at radius 1 is 1.40 bits per heavy atom. The van der Waals surface area contributed by atoms with Gasteiger partial charge >= 0.3 is 0 Å². The van der Waals surface area contributed by atoms with E-state index in [1.54, 1.807) is 0 Å². The number of amides is 1. The summed E-state index contributed by atoms with van der Waals surface area (Å²) in [6.07, 6.45) is 2.05. The molecule has 1 aromatic carbocycles. The van der Waals surface area contributed by atoms with E-state index in [1.807, 2.05) is 42.2 Å². The second-order valence-corrected chi connectivity index (χ2v) is 5.53. The fraction of sp³-hybridized carbons (Fsp3) is 0.375. The van der Waals surface area contributed by atoms with E-state index in [0.717, 1.165) is 35.9 Å². The van der Waals surface area contributed by atoms with Crippen LogP contribution in [0.2, 0.25) is 0 Å². The normalized spacial score (nSPS) is 19.6. The first kappa shape index (κ1) is 12.9. The van der Waals surface area contributed by atoms with Crippen LogP contribution in [0.5, 0.6) is 0 Å². The highest BCUT2D eigenvalue weighted by atomic mass is 16.2.